The lowest BCUT2D eigenvalue weighted by Gasteiger charge is -2.35. The summed E-state index contributed by atoms with van der Waals surface area (Å²) in [6.45, 7) is 3.51. The Balaban J connectivity index is 1.40. The van der Waals surface area contributed by atoms with Crippen molar-refractivity contribution in [2.45, 2.75) is 23.7 Å². The molecule has 1 aromatic heterocycles. The Bertz CT molecular complexity index is 822. The molecule has 1 aromatic carbocycles. The van der Waals surface area contributed by atoms with E-state index in [1.165, 1.54) is 24.4 Å². The van der Waals surface area contributed by atoms with Crippen LogP contribution in [0.1, 0.15) is 24.6 Å². The standard InChI is InChI=1S/C15H19N5O2S2/c16-24(21,22)13-5-3-12(4-6-13)19-7-9-20(10-8-19)15-17-14(18-23-15)11-1-2-11/h3-6,11H,1-2,7-10H2,(H2,16,21,22). The molecule has 7 nitrogen and oxygen atoms in total. The number of hydrogen-bond donors (Lipinski definition) is 1. The molecule has 2 aromatic rings. The van der Waals surface area contributed by atoms with E-state index in [0.29, 0.717) is 5.92 Å². The molecular weight excluding hydrogens is 346 g/mol. The normalized spacial score (nSPS) is 18.9. The van der Waals surface area contributed by atoms with Crippen molar-refractivity contribution in [3.8, 4) is 0 Å². The van der Waals surface area contributed by atoms with Crippen molar-refractivity contribution in [1.82, 2.24) is 9.36 Å². The first-order valence-electron chi connectivity index (χ1n) is 7.97. The van der Waals surface area contributed by atoms with E-state index in [1.54, 1.807) is 12.1 Å². The molecule has 0 amide bonds. The number of primary sulfonamides is 1. The summed E-state index contributed by atoms with van der Waals surface area (Å²) in [6, 6.07) is 6.74. The molecule has 0 bridgehead atoms. The molecule has 4 rings (SSSR count). The third-order valence-electron chi connectivity index (χ3n) is 4.45. The van der Waals surface area contributed by atoms with E-state index in [4.69, 9.17) is 5.14 Å². The Morgan fingerprint density at radius 1 is 1.04 bits per heavy atom. The molecule has 1 aliphatic carbocycles. The number of anilines is 2. The molecule has 2 fully saturated rings. The largest absolute Gasteiger partial charge is 0.368 e. The van der Waals surface area contributed by atoms with E-state index in [2.05, 4.69) is 19.2 Å². The summed E-state index contributed by atoms with van der Waals surface area (Å²) < 4.78 is 27.1. The van der Waals surface area contributed by atoms with Crippen molar-refractivity contribution in [1.29, 1.82) is 0 Å². The molecule has 1 aliphatic heterocycles. The topological polar surface area (TPSA) is 92.4 Å². The molecule has 1 saturated heterocycles. The van der Waals surface area contributed by atoms with Gasteiger partial charge >= 0.3 is 0 Å². The molecule has 2 aliphatic rings. The molecule has 24 heavy (non-hydrogen) atoms. The molecule has 0 atom stereocenters. The number of rotatable bonds is 4. The van der Waals surface area contributed by atoms with Crippen molar-refractivity contribution < 1.29 is 8.42 Å². The van der Waals surface area contributed by atoms with Crippen LogP contribution in [0.4, 0.5) is 10.8 Å². The number of piperazine rings is 1. The van der Waals surface area contributed by atoms with E-state index >= 15 is 0 Å². The van der Waals surface area contributed by atoms with Crippen LogP contribution in [0.2, 0.25) is 0 Å². The predicted octanol–water partition coefficient (Wildman–Crippen LogP) is 1.39. The highest BCUT2D eigenvalue weighted by molar-refractivity contribution is 7.89. The van der Waals surface area contributed by atoms with Crippen molar-refractivity contribution in [3.05, 3.63) is 30.1 Å². The fourth-order valence-corrected chi connectivity index (χ4v) is 4.18. The fraction of sp³-hybridized carbons (Fsp3) is 0.467. The zero-order valence-corrected chi connectivity index (χ0v) is 14.8. The third kappa shape index (κ3) is 3.24. The van der Waals surface area contributed by atoms with E-state index in [-0.39, 0.29) is 4.90 Å². The predicted molar refractivity (Wildman–Crippen MR) is 94.1 cm³/mol. The van der Waals surface area contributed by atoms with Gasteiger partial charge in [0, 0.05) is 49.3 Å². The van der Waals surface area contributed by atoms with Crippen molar-refractivity contribution in [2.75, 3.05) is 36.0 Å². The maximum Gasteiger partial charge on any atom is 0.238 e. The van der Waals surface area contributed by atoms with Crippen molar-refractivity contribution in [2.24, 2.45) is 5.14 Å². The molecule has 0 unspecified atom stereocenters. The van der Waals surface area contributed by atoms with Gasteiger partial charge in [-0.05, 0) is 37.1 Å². The van der Waals surface area contributed by atoms with E-state index in [9.17, 15) is 8.42 Å². The number of benzene rings is 1. The van der Waals surface area contributed by atoms with Gasteiger partial charge in [-0.3, -0.25) is 0 Å². The zero-order valence-electron chi connectivity index (χ0n) is 13.1. The summed E-state index contributed by atoms with van der Waals surface area (Å²) in [5.74, 6) is 1.60. The maximum absolute atomic E-state index is 11.3. The second kappa shape index (κ2) is 5.98. The lowest BCUT2D eigenvalue weighted by molar-refractivity contribution is 0.597. The van der Waals surface area contributed by atoms with Crippen LogP contribution in [0.15, 0.2) is 29.2 Å². The highest BCUT2D eigenvalue weighted by Crippen LogP contribution is 2.39. The van der Waals surface area contributed by atoms with Crippen LogP contribution < -0.4 is 14.9 Å². The van der Waals surface area contributed by atoms with Gasteiger partial charge in [-0.15, -0.1) is 0 Å². The Hall–Kier alpha value is -1.71. The lowest BCUT2D eigenvalue weighted by atomic mass is 10.2. The number of sulfonamides is 1. The summed E-state index contributed by atoms with van der Waals surface area (Å²) >= 11 is 1.49. The molecule has 2 N–H and O–H groups in total. The fourth-order valence-electron chi connectivity index (χ4n) is 2.86. The Morgan fingerprint density at radius 3 is 2.25 bits per heavy atom. The summed E-state index contributed by atoms with van der Waals surface area (Å²) in [5, 5.41) is 6.15. The SMILES string of the molecule is NS(=O)(=O)c1ccc(N2CCN(c3nc(C4CC4)ns3)CC2)cc1. The van der Waals surface area contributed by atoms with Gasteiger partial charge in [0.05, 0.1) is 4.90 Å². The van der Waals surface area contributed by atoms with E-state index in [1.807, 2.05) is 12.1 Å². The molecule has 128 valence electrons. The number of nitrogens with zero attached hydrogens (tertiary/aromatic N) is 4. The molecule has 1 saturated carbocycles. The molecule has 0 spiro atoms. The lowest BCUT2D eigenvalue weighted by Crippen LogP contribution is -2.46. The second-order valence-electron chi connectivity index (χ2n) is 6.22. The van der Waals surface area contributed by atoms with Crippen LogP contribution in [0, 0.1) is 0 Å². The van der Waals surface area contributed by atoms with Gasteiger partial charge in [-0.2, -0.15) is 4.37 Å². The smallest absolute Gasteiger partial charge is 0.238 e. The van der Waals surface area contributed by atoms with Gasteiger partial charge in [0.25, 0.3) is 0 Å². The molecule has 0 radical (unpaired) electrons. The first kappa shape index (κ1) is 15.8. The Kier molecular flexibility index (Phi) is 3.93. The minimum atomic E-state index is -3.64. The van der Waals surface area contributed by atoms with Crippen LogP contribution in [0.25, 0.3) is 0 Å². The number of hydrogen-bond acceptors (Lipinski definition) is 7. The maximum atomic E-state index is 11.3. The highest BCUT2D eigenvalue weighted by atomic mass is 32.2. The number of nitrogens with two attached hydrogens (primary N) is 1. The monoisotopic (exact) mass is 365 g/mol. The van der Waals surface area contributed by atoms with Gasteiger partial charge in [0.2, 0.25) is 15.2 Å². The van der Waals surface area contributed by atoms with E-state index in [0.717, 1.165) is 42.8 Å². The van der Waals surface area contributed by atoms with Crippen LogP contribution >= 0.6 is 11.5 Å². The van der Waals surface area contributed by atoms with Crippen LogP contribution in [-0.2, 0) is 10.0 Å². The Labute approximate surface area is 145 Å². The van der Waals surface area contributed by atoms with E-state index < -0.39 is 10.0 Å². The summed E-state index contributed by atoms with van der Waals surface area (Å²) in [5.41, 5.74) is 1.01. The summed E-state index contributed by atoms with van der Waals surface area (Å²) in [6.07, 6.45) is 2.44. The van der Waals surface area contributed by atoms with Crippen LogP contribution in [0.5, 0.6) is 0 Å². The first-order chi connectivity index (χ1) is 11.5. The average Bonchev–Trinajstić information content (AvgIpc) is 3.32. The molecule has 9 heteroatoms. The van der Waals surface area contributed by atoms with Gasteiger partial charge in [0.1, 0.15) is 5.82 Å². The average molecular weight is 365 g/mol. The molecular formula is C15H19N5O2S2. The first-order valence-corrected chi connectivity index (χ1v) is 10.3. The minimum Gasteiger partial charge on any atom is -0.368 e. The van der Waals surface area contributed by atoms with Gasteiger partial charge < -0.3 is 9.80 Å². The molecule has 2 heterocycles. The zero-order chi connectivity index (χ0) is 16.7. The van der Waals surface area contributed by atoms with Crippen molar-refractivity contribution in [3.63, 3.8) is 0 Å². The summed E-state index contributed by atoms with van der Waals surface area (Å²) in [7, 11) is -3.64. The van der Waals surface area contributed by atoms with Crippen LogP contribution in [-0.4, -0.2) is 44.0 Å². The summed E-state index contributed by atoms with van der Waals surface area (Å²) in [4.78, 5) is 9.33. The quantitative estimate of drug-likeness (QED) is 0.880. The highest BCUT2D eigenvalue weighted by Gasteiger charge is 2.29. The Morgan fingerprint density at radius 2 is 1.67 bits per heavy atom. The van der Waals surface area contributed by atoms with Gasteiger partial charge in [-0.25, -0.2) is 18.5 Å². The van der Waals surface area contributed by atoms with Gasteiger partial charge in [0.15, 0.2) is 0 Å². The minimum absolute atomic E-state index is 0.145. The van der Waals surface area contributed by atoms with Crippen molar-refractivity contribution >= 4 is 32.4 Å². The number of aromatic nitrogens is 2. The second-order valence-corrected chi connectivity index (χ2v) is 8.51. The van der Waals surface area contributed by atoms with Crippen LogP contribution in [0.3, 0.4) is 0 Å². The van der Waals surface area contributed by atoms with Gasteiger partial charge in [-0.1, -0.05) is 0 Å². The third-order valence-corrected chi connectivity index (χ3v) is 6.17.